The van der Waals surface area contributed by atoms with Gasteiger partial charge in [0.05, 0.1) is 22.3 Å². The van der Waals surface area contributed by atoms with Crippen molar-refractivity contribution in [3.63, 3.8) is 0 Å². The molecule has 0 spiro atoms. The van der Waals surface area contributed by atoms with Gasteiger partial charge in [0.15, 0.2) is 4.80 Å². The summed E-state index contributed by atoms with van der Waals surface area (Å²) in [5.74, 6) is -0.606. The predicted molar refractivity (Wildman–Crippen MR) is 86.9 cm³/mol. The van der Waals surface area contributed by atoms with E-state index in [1.165, 1.54) is 18.4 Å². The van der Waals surface area contributed by atoms with E-state index < -0.39 is 5.97 Å². The second-order valence-electron chi connectivity index (χ2n) is 4.74. The van der Waals surface area contributed by atoms with E-state index in [0.29, 0.717) is 21.8 Å². The molecule has 0 aliphatic carbocycles. The fourth-order valence-corrected chi connectivity index (χ4v) is 3.41. The zero-order valence-electron chi connectivity index (χ0n) is 12.5. The summed E-state index contributed by atoms with van der Waals surface area (Å²) < 4.78 is 7.22. The Bertz CT molecular complexity index is 764. The Kier molecular flexibility index (Phi) is 5.74. The van der Waals surface area contributed by atoms with Gasteiger partial charge < -0.3 is 9.30 Å². The molecule has 0 saturated heterocycles. The van der Waals surface area contributed by atoms with Gasteiger partial charge in [0.1, 0.15) is 6.54 Å². The number of carbonyl (C=O) groups is 2. The first-order valence-corrected chi connectivity index (χ1v) is 8.18. The predicted octanol–water partition coefficient (Wildman–Crippen LogP) is 3.15. The van der Waals surface area contributed by atoms with E-state index in [1.54, 1.807) is 10.6 Å². The van der Waals surface area contributed by atoms with Crippen LogP contribution in [0.2, 0.25) is 5.02 Å². The van der Waals surface area contributed by atoms with Crippen molar-refractivity contribution < 1.29 is 14.3 Å². The van der Waals surface area contributed by atoms with E-state index in [1.807, 2.05) is 19.1 Å². The Labute approximate surface area is 137 Å². The normalized spacial score (nSPS) is 11.9. The minimum atomic E-state index is -0.415. The number of aromatic nitrogens is 1. The molecule has 0 aliphatic rings. The van der Waals surface area contributed by atoms with Gasteiger partial charge in [0.25, 0.3) is 0 Å². The minimum absolute atomic E-state index is 0.0277. The molecule has 0 saturated carbocycles. The Morgan fingerprint density at radius 1 is 1.41 bits per heavy atom. The number of ether oxygens (including phenoxy) is 1. The number of amides is 1. The molecule has 0 radical (unpaired) electrons. The molecular weight excluding hydrogens is 324 g/mol. The Balaban J connectivity index is 2.55. The standard InChI is InChI=1S/C15H17ClN2O3S/c1-3-4-8-12(19)17-15-18(9-13(20)21-2)14-10(16)6-5-7-11(14)22-15/h5-7H,3-4,8-9H2,1-2H3. The third-order valence-electron chi connectivity index (χ3n) is 3.13. The molecule has 1 heterocycles. The third-order valence-corrected chi connectivity index (χ3v) is 4.48. The maximum Gasteiger partial charge on any atom is 0.325 e. The number of fused-ring (bicyclic) bond motifs is 1. The molecule has 118 valence electrons. The second kappa shape index (κ2) is 7.56. The largest absolute Gasteiger partial charge is 0.468 e. The van der Waals surface area contributed by atoms with Gasteiger partial charge >= 0.3 is 5.97 Å². The molecule has 0 fully saturated rings. The van der Waals surface area contributed by atoms with Crippen molar-refractivity contribution in [2.45, 2.75) is 32.7 Å². The molecule has 2 rings (SSSR count). The molecule has 1 amide bonds. The summed E-state index contributed by atoms with van der Waals surface area (Å²) in [5, 5.41) is 0.514. The number of unbranched alkanes of at least 4 members (excludes halogenated alkanes) is 1. The van der Waals surface area contributed by atoms with E-state index in [2.05, 4.69) is 4.99 Å². The topological polar surface area (TPSA) is 60.7 Å². The van der Waals surface area contributed by atoms with Crippen molar-refractivity contribution in [1.29, 1.82) is 0 Å². The smallest absolute Gasteiger partial charge is 0.325 e. The molecule has 0 aliphatic heterocycles. The number of hydrogen-bond donors (Lipinski definition) is 0. The monoisotopic (exact) mass is 340 g/mol. The van der Waals surface area contributed by atoms with Gasteiger partial charge in [-0.05, 0) is 18.6 Å². The number of rotatable bonds is 5. The number of benzene rings is 1. The average Bonchev–Trinajstić information content (AvgIpc) is 2.83. The van der Waals surface area contributed by atoms with Crippen LogP contribution in [0.15, 0.2) is 23.2 Å². The van der Waals surface area contributed by atoms with Gasteiger partial charge in [-0.25, -0.2) is 0 Å². The maximum atomic E-state index is 11.9. The summed E-state index contributed by atoms with van der Waals surface area (Å²) in [6.07, 6.45) is 2.13. The van der Waals surface area contributed by atoms with Crippen molar-refractivity contribution in [3.8, 4) is 0 Å². The molecule has 7 heteroatoms. The highest BCUT2D eigenvalue weighted by Crippen LogP contribution is 2.25. The van der Waals surface area contributed by atoms with E-state index in [-0.39, 0.29) is 12.5 Å². The van der Waals surface area contributed by atoms with Crippen LogP contribution in [0.25, 0.3) is 10.2 Å². The molecule has 5 nitrogen and oxygen atoms in total. The van der Waals surface area contributed by atoms with Crippen LogP contribution in [0, 0.1) is 0 Å². The number of halogens is 1. The Hall–Kier alpha value is -1.66. The first kappa shape index (κ1) is 16.7. The summed E-state index contributed by atoms with van der Waals surface area (Å²) in [4.78, 5) is 28.2. The van der Waals surface area contributed by atoms with Gasteiger partial charge in [-0.1, -0.05) is 42.3 Å². The number of thiazole rings is 1. The molecule has 0 N–H and O–H groups in total. The van der Waals surface area contributed by atoms with Crippen LogP contribution >= 0.6 is 22.9 Å². The second-order valence-corrected chi connectivity index (χ2v) is 6.16. The summed E-state index contributed by atoms with van der Waals surface area (Å²) in [6.45, 7) is 1.99. The van der Waals surface area contributed by atoms with Gasteiger partial charge in [-0.3, -0.25) is 9.59 Å². The van der Waals surface area contributed by atoms with Crippen LogP contribution < -0.4 is 4.80 Å². The molecule has 0 atom stereocenters. The third kappa shape index (κ3) is 3.75. The summed E-state index contributed by atoms with van der Waals surface area (Å²) in [5.41, 5.74) is 0.696. The Morgan fingerprint density at radius 3 is 2.86 bits per heavy atom. The van der Waals surface area contributed by atoms with E-state index in [9.17, 15) is 9.59 Å². The number of methoxy groups -OCH3 is 1. The van der Waals surface area contributed by atoms with Crippen molar-refractivity contribution >= 4 is 45.0 Å². The zero-order valence-corrected chi connectivity index (χ0v) is 14.0. The molecule has 1 aromatic carbocycles. The van der Waals surface area contributed by atoms with Gasteiger partial charge in [0, 0.05) is 6.42 Å². The highest BCUT2D eigenvalue weighted by Gasteiger charge is 2.13. The van der Waals surface area contributed by atoms with Crippen molar-refractivity contribution in [1.82, 2.24) is 4.57 Å². The zero-order chi connectivity index (χ0) is 16.1. The van der Waals surface area contributed by atoms with Gasteiger partial charge in [-0.15, -0.1) is 0 Å². The highest BCUT2D eigenvalue weighted by atomic mass is 35.5. The first-order valence-electron chi connectivity index (χ1n) is 6.99. The van der Waals surface area contributed by atoms with Crippen LogP contribution in [-0.2, 0) is 20.9 Å². The highest BCUT2D eigenvalue weighted by molar-refractivity contribution is 7.16. The average molecular weight is 341 g/mol. The van der Waals surface area contributed by atoms with Crippen LogP contribution in [0.4, 0.5) is 0 Å². The van der Waals surface area contributed by atoms with E-state index >= 15 is 0 Å². The van der Waals surface area contributed by atoms with Crippen molar-refractivity contribution in [2.75, 3.05) is 7.11 Å². The number of esters is 1. The van der Waals surface area contributed by atoms with Gasteiger partial charge in [0.2, 0.25) is 5.91 Å². The fourth-order valence-electron chi connectivity index (χ4n) is 2.00. The maximum absolute atomic E-state index is 11.9. The number of hydrogen-bond acceptors (Lipinski definition) is 4. The Morgan fingerprint density at radius 2 is 2.18 bits per heavy atom. The summed E-state index contributed by atoms with van der Waals surface area (Å²) in [7, 11) is 1.32. The SMILES string of the molecule is CCCCC(=O)N=c1sc2cccc(Cl)c2n1CC(=O)OC. The van der Waals surface area contributed by atoms with Crippen LogP contribution in [0.5, 0.6) is 0 Å². The lowest BCUT2D eigenvalue weighted by molar-refractivity contribution is -0.141. The summed E-state index contributed by atoms with van der Waals surface area (Å²) >= 11 is 7.57. The lowest BCUT2D eigenvalue weighted by Gasteiger charge is -2.04. The first-order chi connectivity index (χ1) is 10.6. The fraction of sp³-hybridized carbons (Fsp3) is 0.400. The molecular formula is C15H17ClN2O3S. The quantitative estimate of drug-likeness (QED) is 0.785. The van der Waals surface area contributed by atoms with E-state index in [4.69, 9.17) is 16.3 Å². The van der Waals surface area contributed by atoms with Crippen molar-refractivity contribution in [2.24, 2.45) is 4.99 Å². The molecule has 1 aromatic heterocycles. The van der Waals surface area contributed by atoms with Gasteiger partial charge in [-0.2, -0.15) is 4.99 Å². The van der Waals surface area contributed by atoms with E-state index in [0.717, 1.165) is 17.5 Å². The summed E-state index contributed by atoms with van der Waals surface area (Å²) in [6, 6.07) is 5.45. The van der Waals surface area contributed by atoms with Crippen molar-refractivity contribution in [3.05, 3.63) is 28.0 Å². The van der Waals surface area contributed by atoms with Crippen LogP contribution in [0.1, 0.15) is 26.2 Å². The number of para-hydroxylation sites is 1. The minimum Gasteiger partial charge on any atom is -0.468 e. The lowest BCUT2D eigenvalue weighted by Crippen LogP contribution is -2.22. The molecule has 2 aromatic rings. The number of carbonyl (C=O) groups excluding carboxylic acids is 2. The van der Waals surface area contributed by atoms with Crippen LogP contribution in [-0.4, -0.2) is 23.6 Å². The molecule has 0 unspecified atom stereocenters. The van der Waals surface area contributed by atoms with Crippen LogP contribution in [0.3, 0.4) is 0 Å². The lowest BCUT2D eigenvalue weighted by atomic mass is 10.2. The molecule has 22 heavy (non-hydrogen) atoms. The molecule has 0 bridgehead atoms. The number of nitrogens with zero attached hydrogens (tertiary/aromatic N) is 2.